The molecule has 0 amide bonds. The van der Waals surface area contributed by atoms with Gasteiger partial charge in [0.2, 0.25) is 5.82 Å². The lowest BCUT2D eigenvalue weighted by Crippen LogP contribution is -2.22. The van der Waals surface area contributed by atoms with Crippen molar-refractivity contribution in [1.82, 2.24) is 35.1 Å². The molecule has 0 aliphatic heterocycles. The van der Waals surface area contributed by atoms with E-state index in [0.29, 0.717) is 18.1 Å². The number of tetrazole rings is 1. The van der Waals surface area contributed by atoms with Gasteiger partial charge < -0.3 is 9.30 Å². The number of carbonyl (C=O) groups excluding carboxylic acids is 1. The molecule has 2 aromatic heterocycles. The summed E-state index contributed by atoms with van der Waals surface area (Å²) < 4.78 is 7.46. The molecule has 0 spiro atoms. The molecule has 0 saturated carbocycles. The molecule has 4 aromatic rings. The highest BCUT2D eigenvalue weighted by atomic mass is 16.5. The third-order valence-electron chi connectivity index (χ3n) is 6.00. The Hall–Kier alpha value is -3.85. The number of hydrogen-bond donors (Lipinski definition) is 1. The number of carbonyl (C=O) groups is 1. The molecule has 0 bridgehead atoms. The molecule has 0 aliphatic rings. The number of aromatic nitrogens is 6. The van der Waals surface area contributed by atoms with Crippen LogP contribution in [0.3, 0.4) is 0 Å². The normalized spacial score (nSPS) is 11.4. The number of esters is 1. The van der Waals surface area contributed by atoms with Crippen molar-refractivity contribution in [2.45, 2.75) is 39.2 Å². The van der Waals surface area contributed by atoms with Gasteiger partial charge >= 0.3 is 5.97 Å². The fraction of sp³-hybridized carbons (Fsp3) is 0.346. The predicted molar refractivity (Wildman–Crippen MR) is 134 cm³/mol. The summed E-state index contributed by atoms with van der Waals surface area (Å²) in [6.07, 6.45) is 3.49. The van der Waals surface area contributed by atoms with Gasteiger partial charge in [-0.2, -0.15) is 5.21 Å². The van der Waals surface area contributed by atoms with Gasteiger partial charge in [0.05, 0.1) is 6.20 Å². The summed E-state index contributed by atoms with van der Waals surface area (Å²) in [6, 6.07) is 16.3. The fourth-order valence-electron chi connectivity index (χ4n) is 4.16. The molecule has 0 saturated heterocycles. The number of benzene rings is 2. The number of H-pyrrole nitrogens is 1. The Morgan fingerprint density at radius 2 is 1.86 bits per heavy atom. The predicted octanol–water partition coefficient (Wildman–Crippen LogP) is 4.36. The first-order valence-corrected chi connectivity index (χ1v) is 11.8. The van der Waals surface area contributed by atoms with E-state index in [1.165, 1.54) is 0 Å². The van der Waals surface area contributed by atoms with Crippen molar-refractivity contribution in [3.8, 4) is 22.5 Å². The minimum Gasteiger partial charge on any atom is -0.445 e. The van der Waals surface area contributed by atoms with Crippen molar-refractivity contribution in [3.05, 3.63) is 71.8 Å². The van der Waals surface area contributed by atoms with Crippen LogP contribution in [0, 0.1) is 0 Å². The van der Waals surface area contributed by atoms with E-state index in [1.54, 1.807) is 11.1 Å². The Morgan fingerprint density at radius 3 is 2.51 bits per heavy atom. The molecule has 0 atom stereocenters. The van der Waals surface area contributed by atoms with Crippen molar-refractivity contribution in [2.75, 3.05) is 20.8 Å². The first-order valence-electron chi connectivity index (χ1n) is 11.8. The van der Waals surface area contributed by atoms with Gasteiger partial charge in [0, 0.05) is 18.0 Å². The van der Waals surface area contributed by atoms with Crippen LogP contribution < -0.4 is 0 Å². The SMILES string of the molecule is CCC(CC)c1ncc(C(=O)OCN(C)C)n1Cc1ccc(-c2ccccc2)c(-c2nn[nH]n2)c1. The second-order valence-electron chi connectivity index (χ2n) is 8.72. The van der Waals surface area contributed by atoms with E-state index in [2.05, 4.69) is 69.8 Å². The quantitative estimate of drug-likeness (QED) is 0.270. The molecule has 9 heteroatoms. The number of ether oxygens (including phenoxy) is 1. The van der Waals surface area contributed by atoms with Crippen molar-refractivity contribution >= 4 is 5.97 Å². The van der Waals surface area contributed by atoms with Crippen LogP contribution >= 0.6 is 0 Å². The molecule has 0 radical (unpaired) electrons. The number of rotatable bonds is 10. The van der Waals surface area contributed by atoms with Crippen molar-refractivity contribution in [2.24, 2.45) is 0 Å². The van der Waals surface area contributed by atoms with E-state index in [9.17, 15) is 4.79 Å². The molecular weight excluding hydrogens is 442 g/mol. The minimum atomic E-state index is -0.386. The molecule has 1 N–H and O–H groups in total. The molecule has 0 unspecified atom stereocenters. The van der Waals surface area contributed by atoms with E-state index >= 15 is 0 Å². The molecule has 0 aliphatic carbocycles. The van der Waals surface area contributed by atoms with E-state index < -0.39 is 0 Å². The third-order valence-corrected chi connectivity index (χ3v) is 6.00. The summed E-state index contributed by atoms with van der Waals surface area (Å²) in [4.78, 5) is 19.4. The van der Waals surface area contributed by atoms with Crippen LogP contribution in [-0.4, -0.2) is 61.9 Å². The maximum atomic E-state index is 12.9. The van der Waals surface area contributed by atoms with Gasteiger partial charge in [0.15, 0.2) is 0 Å². The maximum absolute atomic E-state index is 12.9. The highest BCUT2D eigenvalue weighted by molar-refractivity contribution is 5.87. The zero-order valence-corrected chi connectivity index (χ0v) is 20.6. The monoisotopic (exact) mass is 473 g/mol. The number of imidazole rings is 1. The largest absolute Gasteiger partial charge is 0.445 e. The van der Waals surface area contributed by atoms with E-state index in [-0.39, 0.29) is 18.6 Å². The molecular formula is C26H31N7O2. The van der Waals surface area contributed by atoms with Crippen molar-refractivity contribution in [3.63, 3.8) is 0 Å². The molecule has 4 rings (SSSR count). The molecule has 9 nitrogen and oxygen atoms in total. The summed E-state index contributed by atoms with van der Waals surface area (Å²) in [5.41, 5.74) is 4.38. The lowest BCUT2D eigenvalue weighted by Gasteiger charge is -2.18. The lowest BCUT2D eigenvalue weighted by atomic mass is 9.96. The van der Waals surface area contributed by atoms with Crippen LogP contribution in [0.2, 0.25) is 0 Å². The number of hydrogen-bond acceptors (Lipinski definition) is 7. The Morgan fingerprint density at radius 1 is 1.09 bits per heavy atom. The van der Waals surface area contributed by atoms with Crippen LogP contribution in [0.4, 0.5) is 0 Å². The summed E-state index contributed by atoms with van der Waals surface area (Å²) >= 11 is 0. The van der Waals surface area contributed by atoms with E-state index in [0.717, 1.165) is 40.9 Å². The Kier molecular flexibility index (Phi) is 7.67. The van der Waals surface area contributed by atoms with Gasteiger partial charge in [-0.05, 0) is 54.9 Å². The van der Waals surface area contributed by atoms with Crippen LogP contribution in [0.1, 0.15) is 54.5 Å². The first kappa shape index (κ1) is 24.3. The highest BCUT2D eigenvalue weighted by Crippen LogP contribution is 2.32. The second-order valence-corrected chi connectivity index (χ2v) is 8.72. The number of aromatic amines is 1. The van der Waals surface area contributed by atoms with Gasteiger partial charge in [-0.25, -0.2) is 9.78 Å². The smallest absolute Gasteiger partial charge is 0.357 e. The van der Waals surface area contributed by atoms with E-state index in [4.69, 9.17) is 4.74 Å². The van der Waals surface area contributed by atoms with Crippen molar-refractivity contribution in [1.29, 1.82) is 0 Å². The molecule has 0 fully saturated rings. The summed E-state index contributed by atoms with van der Waals surface area (Å²) in [5.74, 6) is 1.26. The minimum absolute atomic E-state index is 0.206. The Balaban J connectivity index is 1.75. The first-order chi connectivity index (χ1) is 17.0. The van der Waals surface area contributed by atoms with E-state index in [1.807, 2.05) is 36.9 Å². The summed E-state index contributed by atoms with van der Waals surface area (Å²) in [7, 11) is 3.71. The molecule has 35 heavy (non-hydrogen) atoms. The van der Waals surface area contributed by atoms with Gasteiger partial charge in [-0.1, -0.05) is 56.3 Å². The van der Waals surface area contributed by atoms with Crippen LogP contribution in [-0.2, 0) is 11.3 Å². The van der Waals surface area contributed by atoms with Crippen LogP contribution in [0.5, 0.6) is 0 Å². The maximum Gasteiger partial charge on any atom is 0.357 e. The topological polar surface area (TPSA) is 102 Å². The van der Waals surface area contributed by atoms with Crippen LogP contribution in [0.15, 0.2) is 54.7 Å². The fourth-order valence-corrected chi connectivity index (χ4v) is 4.16. The molecule has 182 valence electrons. The van der Waals surface area contributed by atoms with Gasteiger partial charge in [0.1, 0.15) is 18.2 Å². The zero-order chi connectivity index (χ0) is 24.8. The number of nitrogens with one attached hydrogen (secondary N) is 1. The highest BCUT2D eigenvalue weighted by Gasteiger charge is 2.23. The van der Waals surface area contributed by atoms with Gasteiger partial charge in [0.25, 0.3) is 0 Å². The zero-order valence-electron chi connectivity index (χ0n) is 20.6. The Bertz CT molecular complexity index is 1250. The third kappa shape index (κ3) is 5.46. The van der Waals surface area contributed by atoms with Gasteiger partial charge in [-0.15, -0.1) is 10.2 Å². The lowest BCUT2D eigenvalue weighted by molar-refractivity contribution is 0.0307. The van der Waals surface area contributed by atoms with Crippen molar-refractivity contribution < 1.29 is 9.53 Å². The molecule has 2 aromatic carbocycles. The average molecular weight is 474 g/mol. The summed E-state index contributed by atoms with van der Waals surface area (Å²) in [6.45, 7) is 4.96. The second kappa shape index (κ2) is 11.1. The standard InChI is InChI=1S/C26H31N7O2/c1-5-19(6-2)25-27-15-23(26(34)35-17-32(3)4)33(25)16-18-12-13-21(20-10-8-7-9-11-20)22(14-18)24-28-30-31-29-24/h7-15,19H,5-6,16-17H2,1-4H3,(H,28,29,30,31). The Labute approximate surface area is 205 Å². The van der Waals surface area contributed by atoms with Gasteiger partial charge in [-0.3, -0.25) is 4.90 Å². The van der Waals surface area contributed by atoms with Crippen LogP contribution in [0.25, 0.3) is 22.5 Å². The number of nitrogens with zero attached hydrogens (tertiary/aromatic N) is 6. The molecule has 2 heterocycles. The summed E-state index contributed by atoms with van der Waals surface area (Å²) in [5, 5.41) is 14.8. The average Bonchev–Trinajstić information content (AvgIpc) is 3.55.